The van der Waals surface area contributed by atoms with Crippen molar-refractivity contribution < 1.29 is 4.52 Å². The van der Waals surface area contributed by atoms with Gasteiger partial charge >= 0.3 is 6.39 Å². The van der Waals surface area contributed by atoms with E-state index < -0.39 is 0 Å². The summed E-state index contributed by atoms with van der Waals surface area (Å²) < 4.78 is 4.58. The molecular formula is C12H13N2O. The summed E-state index contributed by atoms with van der Waals surface area (Å²) in [6, 6.07) is 8.26. The molecule has 0 unspecified atom stereocenters. The van der Waals surface area contributed by atoms with E-state index in [1.807, 2.05) is 12.1 Å². The minimum atomic E-state index is 0.594. The molecule has 0 aliphatic heterocycles. The van der Waals surface area contributed by atoms with E-state index in [2.05, 4.69) is 40.1 Å². The smallest absolute Gasteiger partial charge is 0.316 e. The first-order valence-electron chi connectivity index (χ1n) is 5.19. The average molecular weight is 201 g/mol. The lowest BCUT2D eigenvalue weighted by Gasteiger charge is -2.00. The van der Waals surface area contributed by atoms with Gasteiger partial charge in [0.05, 0.1) is 0 Å². The van der Waals surface area contributed by atoms with Crippen molar-refractivity contribution in [2.45, 2.75) is 26.2 Å². The summed E-state index contributed by atoms with van der Waals surface area (Å²) in [6.07, 6.45) is 5.93. The van der Waals surface area contributed by atoms with Gasteiger partial charge in [0, 0.05) is 5.56 Å². The molecule has 2 rings (SSSR count). The highest BCUT2D eigenvalue weighted by atomic mass is 16.5. The second-order valence-electron chi connectivity index (χ2n) is 3.51. The zero-order valence-corrected chi connectivity index (χ0v) is 8.73. The van der Waals surface area contributed by atoms with Crippen molar-refractivity contribution in [1.82, 2.24) is 10.1 Å². The van der Waals surface area contributed by atoms with Crippen LogP contribution in [0.4, 0.5) is 0 Å². The van der Waals surface area contributed by atoms with Gasteiger partial charge < -0.3 is 4.52 Å². The van der Waals surface area contributed by atoms with Gasteiger partial charge in [-0.3, -0.25) is 0 Å². The van der Waals surface area contributed by atoms with Crippen LogP contribution in [0.5, 0.6) is 0 Å². The maximum Gasteiger partial charge on any atom is 0.316 e. The molecule has 1 aromatic carbocycles. The molecule has 0 amide bonds. The topological polar surface area (TPSA) is 38.9 Å². The van der Waals surface area contributed by atoms with Gasteiger partial charge in [-0.2, -0.15) is 4.98 Å². The fourth-order valence-electron chi connectivity index (χ4n) is 1.47. The fraction of sp³-hybridized carbons (Fsp3) is 0.333. The van der Waals surface area contributed by atoms with Crippen molar-refractivity contribution in [3.8, 4) is 11.4 Å². The summed E-state index contributed by atoms with van der Waals surface area (Å²) in [5, 5.41) is 3.74. The van der Waals surface area contributed by atoms with Crippen molar-refractivity contribution in [3.05, 3.63) is 36.2 Å². The fourth-order valence-corrected chi connectivity index (χ4v) is 1.47. The number of unbranched alkanes of at least 4 members (excludes halogenated alkanes) is 1. The van der Waals surface area contributed by atoms with Crippen LogP contribution >= 0.6 is 0 Å². The van der Waals surface area contributed by atoms with Gasteiger partial charge in [0.15, 0.2) is 0 Å². The van der Waals surface area contributed by atoms with E-state index in [-0.39, 0.29) is 0 Å². The molecule has 0 bridgehead atoms. The lowest BCUT2D eigenvalue weighted by Crippen LogP contribution is -1.85. The zero-order valence-electron chi connectivity index (χ0n) is 8.73. The quantitative estimate of drug-likeness (QED) is 0.763. The molecule has 0 spiro atoms. The van der Waals surface area contributed by atoms with Gasteiger partial charge in [-0.25, -0.2) is 0 Å². The Morgan fingerprint density at radius 3 is 2.67 bits per heavy atom. The maximum atomic E-state index is 4.58. The minimum Gasteiger partial charge on any atom is -0.328 e. The first kappa shape index (κ1) is 9.90. The second-order valence-corrected chi connectivity index (χ2v) is 3.51. The minimum absolute atomic E-state index is 0.594. The average Bonchev–Trinajstić information content (AvgIpc) is 2.80. The second kappa shape index (κ2) is 4.73. The molecule has 0 aliphatic carbocycles. The third kappa shape index (κ3) is 2.43. The normalized spacial score (nSPS) is 10.5. The van der Waals surface area contributed by atoms with Crippen LogP contribution in [-0.4, -0.2) is 10.1 Å². The number of hydrogen-bond acceptors (Lipinski definition) is 3. The number of benzene rings is 1. The van der Waals surface area contributed by atoms with Crippen LogP contribution in [0.15, 0.2) is 28.8 Å². The first-order chi connectivity index (χ1) is 7.40. The number of rotatable bonds is 4. The van der Waals surface area contributed by atoms with Crippen LogP contribution in [0.1, 0.15) is 25.3 Å². The molecule has 1 radical (unpaired) electrons. The van der Waals surface area contributed by atoms with Gasteiger partial charge in [-0.05, 0) is 18.4 Å². The number of aromatic nitrogens is 2. The molecule has 15 heavy (non-hydrogen) atoms. The molecule has 3 nitrogen and oxygen atoms in total. The summed E-state index contributed by atoms with van der Waals surface area (Å²) in [4.78, 5) is 3.88. The van der Waals surface area contributed by atoms with E-state index in [4.69, 9.17) is 0 Å². The maximum absolute atomic E-state index is 4.58. The Balaban J connectivity index is 2.11. The predicted octanol–water partition coefficient (Wildman–Crippen LogP) is 2.88. The Hall–Kier alpha value is -1.64. The molecule has 0 atom stereocenters. The van der Waals surface area contributed by atoms with E-state index in [1.54, 1.807) is 0 Å². The molecule has 0 aliphatic rings. The Morgan fingerprint density at radius 2 is 2.07 bits per heavy atom. The Morgan fingerprint density at radius 1 is 1.27 bits per heavy atom. The van der Waals surface area contributed by atoms with Crippen molar-refractivity contribution in [3.63, 3.8) is 0 Å². The van der Waals surface area contributed by atoms with Crippen molar-refractivity contribution in [2.24, 2.45) is 0 Å². The molecule has 2 aromatic rings. The van der Waals surface area contributed by atoms with Crippen LogP contribution < -0.4 is 0 Å². The van der Waals surface area contributed by atoms with E-state index in [0.29, 0.717) is 5.82 Å². The number of aryl methyl sites for hydroxylation is 1. The monoisotopic (exact) mass is 201 g/mol. The van der Waals surface area contributed by atoms with Crippen LogP contribution in [0.25, 0.3) is 11.4 Å². The molecule has 0 saturated carbocycles. The van der Waals surface area contributed by atoms with E-state index >= 15 is 0 Å². The molecule has 0 saturated heterocycles. The standard InChI is InChI=1S/C12H13N2O/c1-2-3-4-10-5-7-11(8-6-10)12-13-9-15-14-12/h5-8H,2-4H2,1H3. The van der Waals surface area contributed by atoms with E-state index in [0.717, 1.165) is 12.0 Å². The summed E-state index contributed by atoms with van der Waals surface area (Å²) in [6.45, 7) is 2.20. The third-order valence-corrected chi connectivity index (χ3v) is 2.36. The Kier molecular flexibility index (Phi) is 3.12. The van der Waals surface area contributed by atoms with Crippen LogP contribution in [0.2, 0.25) is 0 Å². The lowest BCUT2D eigenvalue weighted by molar-refractivity contribution is 0.411. The highest BCUT2D eigenvalue weighted by Gasteiger charge is 2.02. The molecular weight excluding hydrogens is 188 g/mol. The van der Waals surface area contributed by atoms with Gasteiger partial charge in [-0.1, -0.05) is 42.8 Å². The summed E-state index contributed by atoms with van der Waals surface area (Å²) in [5.41, 5.74) is 2.33. The highest BCUT2D eigenvalue weighted by Crippen LogP contribution is 2.15. The van der Waals surface area contributed by atoms with Crippen LogP contribution in [0.3, 0.4) is 0 Å². The highest BCUT2D eigenvalue weighted by molar-refractivity contribution is 5.54. The largest absolute Gasteiger partial charge is 0.328 e. The van der Waals surface area contributed by atoms with Gasteiger partial charge in [0.1, 0.15) is 0 Å². The summed E-state index contributed by atoms with van der Waals surface area (Å²) in [7, 11) is 0. The SMILES string of the molecule is CCCCc1ccc(-c2n[c]on2)cc1. The van der Waals surface area contributed by atoms with E-state index in [1.165, 1.54) is 18.4 Å². The molecule has 0 N–H and O–H groups in total. The summed E-state index contributed by atoms with van der Waals surface area (Å²) in [5.74, 6) is 0.594. The molecule has 1 aromatic heterocycles. The Labute approximate surface area is 89.1 Å². The summed E-state index contributed by atoms with van der Waals surface area (Å²) >= 11 is 0. The van der Waals surface area contributed by atoms with Gasteiger partial charge in [0.2, 0.25) is 5.82 Å². The molecule has 0 fully saturated rings. The third-order valence-electron chi connectivity index (χ3n) is 2.36. The van der Waals surface area contributed by atoms with E-state index in [9.17, 15) is 0 Å². The molecule has 77 valence electrons. The predicted molar refractivity (Wildman–Crippen MR) is 57.2 cm³/mol. The molecule has 3 heteroatoms. The van der Waals surface area contributed by atoms with Gasteiger partial charge in [0.25, 0.3) is 0 Å². The van der Waals surface area contributed by atoms with Crippen LogP contribution in [-0.2, 0) is 6.42 Å². The number of nitrogens with zero attached hydrogens (tertiary/aromatic N) is 2. The van der Waals surface area contributed by atoms with Crippen LogP contribution in [0, 0.1) is 6.39 Å². The van der Waals surface area contributed by atoms with Crippen molar-refractivity contribution in [1.29, 1.82) is 0 Å². The molecule has 1 heterocycles. The van der Waals surface area contributed by atoms with Crippen molar-refractivity contribution in [2.75, 3.05) is 0 Å². The van der Waals surface area contributed by atoms with Gasteiger partial charge in [-0.15, -0.1) is 0 Å². The lowest BCUT2D eigenvalue weighted by atomic mass is 10.1. The first-order valence-corrected chi connectivity index (χ1v) is 5.19. The zero-order chi connectivity index (χ0) is 10.5. The van der Waals surface area contributed by atoms with Crippen molar-refractivity contribution >= 4 is 0 Å². The Bertz CT molecular complexity index is 392. The number of hydrogen-bond donors (Lipinski definition) is 0.